The number of nitrogens with one attached hydrogen (secondary N) is 1. The van der Waals surface area contributed by atoms with Gasteiger partial charge in [0.15, 0.2) is 12.4 Å². The highest BCUT2D eigenvalue weighted by molar-refractivity contribution is 5.80. The van der Waals surface area contributed by atoms with Gasteiger partial charge in [0, 0.05) is 6.42 Å². The molecule has 1 aliphatic heterocycles. The number of ether oxygens (including phenoxy) is 3. The van der Waals surface area contributed by atoms with Gasteiger partial charge >= 0.3 is 5.97 Å². The molecule has 1 fully saturated rings. The molecule has 1 heterocycles. The topological polar surface area (TPSA) is 175 Å². The quantitative estimate of drug-likeness (QED) is 0.0195. The lowest BCUT2D eigenvalue weighted by Gasteiger charge is -2.41. The number of esters is 1. The summed E-state index contributed by atoms with van der Waals surface area (Å²) < 4.78 is 17.7. The summed E-state index contributed by atoms with van der Waals surface area (Å²) in [4.78, 5) is 26.7. The van der Waals surface area contributed by atoms with E-state index in [1.165, 1.54) is 161 Å². The Bertz CT molecular complexity index is 1710. The smallest absolute Gasteiger partial charge is 0.306 e. The summed E-state index contributed by atoms with van der Waals surface area (Å²) >= 11 is 0. The summed E-state index contributed by atoms with van der Waals surface area (Å²) in [5.41, 5.74) is 0. The summed E-state index contributed by atoms with van der Waals surface area (Å²) in [7, 11) is 0. The number of unbranched alkanes of at least 4 members (excludes halogenated alkanes) is 34. The zero-order valence-corrected chi connectivity index (χ0v) is 54.7. The van der Waals surface area contributed by atoms with Crippen LogP contribution in [0.25, 0.3) is 0 Å². The van der Waals surface area contributed by atoms with Gasteiger partial charge in [0.05, 0.1) is 25.4 Å². The van der Waals surface area contributed by atoms with Gasteiger partial charge in [0.1, 0.15) is 24.4 Å². The van der Waals surface area contributed by atoms with Crippen LogP contribution in [0.2, 0.25) is 0 Å². The number of aliphatic hydroxyl groups is 5. The number of hydrogen-bond donors (Lipinski definition) is 6. The van der Waals surface area contributed by atoms with Gasteiger partial charge in [-0.2, -0.15) is 0 Å². The van der Waals surface area contributed by atoms with Gasteiger partial charge in [-0.15, -0.1) is 0 Å². The van der Waals surface area contributed by atoms with Crippen LogP contribution in [0.15, 0.2) is 85.1 Å². The second-order valence-corrected chi connectivity index (χ2v) is 24.3. The lowest BCUT2D eigenvalue weighted by molar-refractivity contribution is -0.305. The largest absolute Gasteiger partial charge is 0.454 e. The SMILES string of the molecule is CCCCC/C=C\C/C=C\C/C=C\CCCCCCCCCCCCC(=O)OC1C(OCC(NC(=O)C(O)CCCCCCCCC/C=C\C/C=C\C/C=C\CCCCC)C(O)/C=C/CCCCCCCCCCCCC)OC(CO)C(O)C1O. The molecule has 0 radical (unpaired) electrons. The fraction of sp³-hybridized carbons (Fsp3) is 0.784. The molecule has 0 aromatic rings. The van der Waals surface area contributed by atoms with Crippen LogP contribution in [0.3, 0.4) is 0 Å². The summed E-state index contributed by atoms with van der Waals surface area (Å²) in [6.45, 7) is 5.76. The van der Waals surface area contributed by atoms with Gasteiger partial charge in [0.2, 0.25) is 5.91 Å². The Labute approximate surface area is 521 Å². The molecule has 6 N–H and O–H groups in total. The van der Waals surface area contributed by atoms with E-state index in [4.69, 9.17) is 14.2 Å². The van der Waals surface area contributed by atoms with Crippen molar-refractivity contribution in [2.75, 3.05) is 13.2 Å². The standard InChI is InChI=1S/C74H131NO10/c1-4-7-10-13-16-19-22-25-27-29-31-33-34-35-37-39-41-44-47-50-53-56-59-62-69(79)85-72-71(81)70(80)68(63-76)84-74(72)83-64-65(66(77)60-57-54-51-48-45-42-24-21-18-15-12-9-6-3)75-73(82)67(78)61-58-55-52-49-46-43-40-38-36-32-30-28-26-23-20-17-14-11-8-5-2/h16-17,19-20,25-28,31-33,36,57,60,65-68,70-72,74,76-78,80-81H,4-15,18,21-24,29-30,34-35,37-56,58-59,61-64H2,1-3H3,(H,75,82)/b19-16-,20-17-,27-25-,28-26-,33-31-,36-32-,60-57+. The Morgan fingerprint density at radius 1 is 0.459 bits per heavy atom. The van der Waals surface area contributed by atoms with Gasteiger partial charge < -0.3 is 45.1 Å². The zero-order valence-electron chi connectivity index (χ0n) is 54.7. The first-order chi connectivity index (χ1) is 41.7. The summed E-state index contributed by atoms with van der Waals surface area (Å²) in [6.07, 6.45) is 70.3. The second-order valence-electron chi connectivity index (χ2n) is 24.3. The molecule has 0 bridgehead atoms. The van der Waals surface area contributed by atoms with Crippen LogP contribution < -0.4 is 5.32 Å². The molecule has 1 saturated heterocycles. The number of amides is 1. The number of hydrogen-bond acceptors (Lipinski definition) is 10. The minimum atomic E-state index is -1.62. The molecule has 0 aliphatic carbocycles. The predicted molar refractivity (Wildman–Crippen MR) is 356 cm³/mol. The van der Waals surface area contributed by atoms with Crippen molar-refractivity contribution in [3.8, 4) is 0 Å². The third-order valence-electron chi connectivity index (χ3n) is 16.3. The van der Waals surface area contributed by atoms with Gasteiger partial charge in [-0.05, 0) is 103 Å². The minimum absolute atomic E-state index is 0.115. The van der Waals surface area contributed by atoms with Crippen LogP contribution in [0.4, 0.5) is 0 Å². The molecule has 492 valence electrons. The fourth-order valence-corrected chi connectivity index (χ4v) is 10.7. The van der Waals surface area contributed by atoms with Crippen LogP contribution in [0, 0.1) is 0 Å². The Morgan fingerprint density at radius 2 is 0.812 bits per heavy atom. The molecule has 8 unspecified atom stereocenters. The third kappa shape index (κ3) is 48.4. The summed E-state index contributed by atoms with van der Waals surface area (Å²) in [5, 5.41) is 57.3. The van der Waals surface area contributed by atoms with E-state index in [-0.39, 0.29) is 19.4 Å². The van der Waals surface area contributed by atoms with Crippen LogP contribution in [-0.2, 0) is 23.8 Å². The van der Waals surface area contributed by atoms with Crippen LogP contribution >= 0.6 is 0 Å². The van der Waals surface area contributed by atoms with E-state index in [9.17, 15) is 35.1 Å². The van der Waals surface area contributed by atoms with E-state index in [1.807, 2.05) is 6.08 Å². The van der Waals surface area contributed by atoms with E-state index in [2.05, 4.69) is 99.0 Å². The molecule has 1 aliphatic rings. The number of carbonyl (C=O) groups excluding carboxylic acids is 2. The van der Waals surface area contributed by atoms with Crippen molar-refractivity contribution in [2.45, 2.75) is 359 Å². The average molecular weight is 1190 g/mol. The molecule has 1 rings (SSSR count). The van der Waals surface area contributed by atoms with E-state index >= 15 is 0 Å². The average Bonchev–Trinajstić information content (AvgIpc) is 2.49. The van der Waals surface area contributed by atoms with Gasteiger partial charge in [-0.25, -0.2) is 0 Å². The Kier molecular flexibility index (Phi) is 57.4. The molecular formula is C74H131NO10. The molecule has 0 aromatic carbocycles. The Balaban J connectivity index is 2.61. The Morgan fingerprint density at radius 3 is 1.24 bits per heavy atom. The van der Waals surface area contributed by atoms with Crippen molar-refractivity contribution < 1.29 is 49.3 Å². The molecule has 0 aromatic heterocycles. The molecule has 1 amide bonds. The Hall–Kier alpha value is -3.16. The normalized spacial score (nSPS) is 18.9. The van der Waals surface area contributed by atoms with Crippen molar-refractivity contribution >= 4 is 11.9 Å². The number of aliphatic hydroxyl groups excluding tert-OH is 5. The van der Waals surface area contributed by atoms with Crippen molar-refractivity contribution in [2.24, 2.45) is 0 Å². The highest BCUT2D eigenvalue weighted by Crippen LogP contribution is 2.26. The third-order valence-corrected chi connectivity index (χ3v) is 16.3. The predicted octanol–water partition coefficient (Wildman–Crippen LogP) is 18.1. The molecule has 0 saturated carbocycles. The fourth-order valence-electron chi connectivity index (χ4n) is 10.7. The summed E-state index contributed by atoms with van der Waals surface area (Å²) in [5.74, 6) is -1.20. The monoisotopic (exact) mass is 1190 g/mol. The molecule has 11 heteroatoms. The number of allylic oxidation sites excluding steroid dienone is 13. The molecule has 0 spiro atoms. The first-order valence-corrected chi connectivity index (χ1v) is 35.4. The molecule has 11 nitrogen and oxygen atoms in total. The highest BCUT2D eigenvalue weighted by atomic mass is 16.7. The van der Waals surface area contributed by atoms with E-state index < -0.39 is 67.4 Å². The number of rotatable bonds is 60. The lowest BCUT2D eigenvalue weighted by Crippen LogP contribution is -2.61. The first kappa shape index (κ1) is 79.9. The van der Waals surface area contributed by atoms with Crippen molar-refractivity contribution in [3.63, 3.8) is 0 Å². The van der Waals surface area contributed by atoms with E-state index in [0.29, 0.717) is 12.8 Å². The summed E-state index contributed by atoms with van der Waals surface area (Å²) in [6, 6.07) is -1.03. The van der Waals surface area contributed by atoms with Gasteiger partial charge in [0.25, 0.3) is 0 Å². The zero-order chi connectivity index (χ0) is 61.7. The minimum Gasteiger partial charge on any atom is -0.454 e. The molecular weight excluding hydrogens is 1060 g/mol. The van der Waals surface area contributed by atoms with Crippen molar-refractivity contribution in [1.29, 1.82) is 0 Å². The lowest BCUT2D eigenvalue weighted by atomic mass is 9.99. The van der Waals surface area contributed by atoms with Crippen molar-refractivity contribution in [1.82, 2.24) is 5.32 Å². The molecule has 85 heavy (non-hydrogen) atoms. The maximum atomic E-state index is 13.5. The highest BCUT2D eigenvalue weighted by Gasteiger charge is 2.47. The van der Waals surface area contributed by atoms with Gasteiger partial charge in [-0.3, -0.25) is 9.59 Å². The van der Waals surface area contributed by atoms with Crippen molar-refractivity contribution in [3.05, 3.63) is 85.1 Å². The maximum Gasteiger partial charge on any atom is 0.306 e. The maximum absolute atomic E-state index is 13.5. The van der Waals surface area contributed by atoms with Crippen LogP contribution in [0.5, 0.6) is 0 Å². The van der Waals surface area contributed by atoms with Gasteiger partial charge in [-0.1, -0.05) is 286 Å². The first-order valence-electron chi connectivity index (χ1n) is 35.4. The van der Waals surface area contributed by atoms with E-state index in [0.717, 1.165) is 103 Å². The number of carbonyl (C=O) groups is 2. The van der Waals surface area contributed by atoms with Crippen LogP contribution in [-0.4, -0.2) is 99.6 Å². The van der Waals surface area contributed by atoms with E-state index in [1.54, 1.807) is 6.08 Å². The molecule has 8 atom stereocenters. The van der Waals surface area contributed by atoms with Crippen LogP contribution in [0.1, 0.15) is 310 Å². The second kappa shape index (κ2) is 61.1.